The SMILES string of the molecule is CC(C)C(N)c1ccc(F)o1. The normalized spacial score (nSPS) is 13.9. The Bertz CT molecular complexity index is 232. The Morgan fingerprint density at radius 1 is 1.45 bits per heavy atom. The first kappa shape index (κ1) is 8.27. The van der Waals surface area contributed by atoms with Gasteiger partial charge in [0.05, 0.1) is 6.04 Å². The Morgan fingerprint density at radius 2 is 2.09 bits per heavy atom. The smallest absolute Gasteiger partial charge is 0.277 e. The molecule has 0 aliphatic rings. The molecule has 2 nitrogen and oxygen atoms in total. The summed E-state index contributed by atoms with van der Waals surface area (Å²) in [6.07, 6.45) is 0. The average molecular weight is 157 g/mol. The van der Waals surface area contributed by atoms with E-state index in [4.69, 9.17) is 10.2 Å². The minimum absolute atomic E-state index is 0.209. The van der Waals surface area contributed by atoms with E-state index in [0.717, 1.165) is 0 Å². The molecular weight excluding hydrogens is 145 g/mol. The largest absolute Gasteiger partial charge is 0.434 e. The molecule has 3 heteroatoms. The maximum Gasteiger partial charge on any atom is 0.277 e. The maximum absolute atomic E-state index is 12.3. The van der Waals surface area contributed by atoms with E-state index >= 15 is 0 Å². The number of furan rings is 1. The van der Waals surface area contributed by atoms with Crippen LogP contribution in [0.2, 0.25) is 0 Å². The summed E-state index contributed by atoms with van der Waals surface area (Å²) in [4.78, 5) is 0. The maximum atomic E-state index is 12.3. The van der Waals surface area contributed by atoms with Gasteiger partial charge in [0.1, 0.15) is 5.76 Å². The number of rotatable bonds is 2. The van der Waals surface area contributed by atoms with E-state index in [2.05, 4.69) is 0 Å². The highest BCUT2D eigenvalue weighted by atomic mass is 19.1. The molecule has 1 rings (SSSR count). The van der Waals surface area contributed by atoms with Crippen LogP contribution in [-0.2, 0) is 0 Å². The van der Waals surface area contributed by atoms with Crippen LogP contribution in [0.25, 0.3) is 0 Å². The van der Waals surface area contributed by atoms with Crippen molar-refractivity contribution in [3.63, 3.8) is 0 Å². The standard InChI is InChI=1S/C8H12FNO/c1-5(2)8(10)6-3-4-7(9)11-6/h3-5,8H,10H2,1-2H3. The fraction of sp³-hybridized carbons (Fsp3) is 0.500. The Morgan fingerprint density at radius 3 is 2.45 bits per heavy atom. The summed E-state index contributed by atoms with van der Waals surface area (Å²) in [5, 5.41) is 0. The van der Waals surface area contributed by atoms with Crippen LogP contribution in [0.15, 0.2) is 16.5 Å². The first-order valence-corrected chi connectivity index (χ1v) is 3.62. The first-order valence-electron chi connectivity index (χ1n) is 3.62. The van der Waals surface area contributed by atoms with E-state index in [1.54, 1.807) is 6.07 Å². The van der Waals surface area contributed by atoms with E-state index in [1.165, 1.54) is 6.07 Å². The lowest BCUT2D eigenvalue weighted by atomic mass is 10.0. The molecule has 0 bridgehead atoms. The van der Waals surface area contributed by atoms with Gasteiger partial charge in [-0.25, -0.2) is 0 Å². The van der Waals surface area contributed by atoms with Crippen LogP contribution >= 0.6 is 0 Å². The number of hydrogen-bond acceptors (Lipinski definition) is 2. The van der Waals surface area contributed by atoms with Crippen LogP contribution in [0.5, 0.6) is 0 Å². The molecular formula is C8H12FNO. The van der Waals surface area contributed by atoms with Crippen molar-refractivity contribution < 1.29 is 8.81 Å². The molecule has 0 aliphatic carbocycles. The zero-order valence-electron chi connectivity index (χ0n) is 6.67. The average Bonchev–Trinajstić information content (AvgIpc) is 2.34. The predicted molar refractivity (Wildman–Crippen MR) is 40.4 cm³/mol. The van der Waals surface area contributed by atoms with Gasteiger partial charge in [-0.05, 0) is 12.0 Å². The zero-order chi connectivity index (χ0) is 8.43. The predicted octanol–water partition coefficient (Wildman–Crippen LogP) is 2.07. The molecule has 2 N–H and O–H groups in total. The molecule has 0 radical (unpaired) electrons. The molecule has 0 aromatic carbocycles. The quantitative estimate of drug-likeness (QED) is 0.713. The molecule has 1 atom stereocenters. The molecule has 0 aliphatic heterocycles. The summed E-state index contributed by atoms with van der Waals surface area (Å²) in [6, 6.07) is 2.06. The van der Waals surface area contributed by atoms with Gasteiger partial charge in [0, 0.05) is 6.07 Å². The van der Waals surface area contributed by atoms with Gasteiger partial charge in [-0.1, -0.05) is 13.8 Å². The second-order valence-corrected chi connectivity index (χ2v) is 2.91. The minimum atomic E-state index is -0.573. The fourth-order valence-electron chi connectivity index (χ4n) is 0.836. The van der Waals surface area contributed by atoms with E-state index in [9.17, 15) is 4.39 Å². The Balaban J connectivity index is 2.76. The Hall–Kier alpha value is -0.830. The highest BCUT2D eigenvalue weighted by Crippen LogP contribution is 2.19. The molecule has 0 fully saturated rings. The summed E-state index contributed by atoms with van der Waals surface area (Å²) < 4.78 is 17.0. The van der Waals surface area contributed by atoms with Crippen molar-refractivity contribution >= 4 is 0 Å². The van der Waals surface area contributed by atoms with Crippen LogP contribution in [-0.4, -0.2) is 0 Å². The minimum Gasteiger partial charge on any atom is -0.434 e. The molecule has 1 heterocycles. The molecule has 1 aromatic rings. The summed E-state index contributed by atoms with van der Waals surface area (Å²) in [6.45, 7) is 3.93. The van der Waals surface area contributed by atoms with E-state index < -0.39 is 6.01 Å². The third-order valence-corrected chi connectivity index (χ3v) is 1.64. The second-order valence-electron chi connectivity index (χ2n) is 2.91. The van der Waals surface area contributed by atoms with Crippen LogP contribution < -0.4 is 5.73 Å². The lowest BCUT2D eigenvalue weighted by Crippen LogP contribution is -2.15. The Labute approximate surface area is 65.2 Å². The molecule has 0 saturated heterocycles. The van der Waals surface area contributed by atoms with Gasteiger partial charge in [-0.15, -0.1) is 0 Å². The molecule has 62 valence electrons. The van der Waals surface area contributed by atoms with Crippen molar-refractivity contribution in [2.24, 2.45) is 11.7 Å². The first-order chi connectivity index (χ1) is 5.11. The van der Waals surface area contributed by atoms with Crippen molar-refractivity contribution in [1.29, 1.82) is 0 Å². The molecule has 0 amide bonds. The summed E-state index contributed by atoms with van der Waals surface area (Å²) in [5.41, 5.74) is 5.69. The molecule has 0 saturated carbocycles. The van der Waals surface area contributed by atoms with Crippen molar-refractivity contribution in [3.05, 3.63) is 23.9 Å². The molecule has 1 aromatic heterocycles. The van der Waals surface area contributed by atoms with Crippen LogP contribution in [0.1, 0.15) is 25.6 Å². The number of nitrogens with two attached hydrogens (primary N) is 1. The fourth-order valence-corrected chi connectivity index (χ4v) is 0.836. The van der Waals surface area contributed by atoms with Crippen molar-refractivity contribution in [3.8, 4) is 0 Å². The Kier molecular flexibility index (Phi) is 2.29. The lowest BCUT2D eigenvalue weighted by Gasteiger charge is -2.11. The van der Waals surface area contributed by atoms with Gasteiger partial charge in [0.2, 0.25) is 0 Å². The number of halogens is 1. The van der Waals surface area contributed by atoms with Crippen LogP contribution in [0, 0.1) is 11.9 Å². The van der Waals surface area contributed by atoms with Gasteiger partial charge >= 0.3 is 0 Å². The topological polar surface area (TPSA) is 39.2 Å². The van der Waals surface area contributed by atoms with Crippen molar-refractivity contribution in [1.82, 2.24) is 0 Å². The summed E-state index contributed by atoms with van der Waals surface area (Å²) in [5.74, 6) is 0.776. The second kappa shape index (κ2) is 3.05. The highest BCUT2D eigenvalue weighted by molar-refractivity contribution is 5.05. The van der Waals surface area contributed by atoms with E-state index in [0.29, 0.717) is 5.76 Å². The lowest BCUT2D eigenvalue weighted by molar-refractivity contribution is 0.307. The highest BCUT2D eigenvalue weighted by Gasteiger charge is 2.14. The van der Waals surface area contributed by atoms with Crippen LogP contribution in [0.3, 0.4) is 0 Å². The van der Waals surface area contributed by atoms with Crippen molar-refractivity contribution in [2.75, 3.05) is 0 Å². The van der Waals surface area contributed by atoms with Gasteiger partial charge in [0.15, 0.2) is 0 Å². The monoisotopic (exact) mass is 157 g/mol. The van der Waals surface area contributed by atoms with Crippen molar-refractivity contribution in [2.45, 2.75) is 19.9 Å². The molecule has 11 heavy (non-hydrogen) atoms. The third-order valence-electron chi connectivity index (χ3n) is 1.64. The molecule has 0 spiro atoms. The van der Waals surface area contributed by atoms with Gasteiger partial charge in [0.25, 0.3) is 6.01 Å². The summed E-state index contributed by atoms with van der Waals surface area (Å²) in [7, 11) is 0. The van der Waals surface area contributed by atoms with Gasteiger partial charge < -0.3 is 10.2 Å². The molecule has 1 unspecified atom stereocenters. The van der Waals surface area contributed by atoms with E-state index in [1.807, 2.05) is 13.8 Å². The van der Waals surface area contributed by atoms with Gasteiger partial charge in [-0.2, -0.15) is 4.39 Å². The van der Waals surface area contributed by atoms with Crippen LogP contribution in [0.4, 0.5) is 4.39 Å². The third kappa shape index (κ3) is 1.80. The summed E-state index contributed by atoms with van der Waals surface area (Å²) >= 11 is 0. The van der Waals surface area contributed by atoms with Gasteiger partial charge in [-0.3, -0.25) is 0 Å². The van der Waals surface area contributed by atoms with E-state index in [-0.39, 0.29) is 12.0 Å². The number of hydrogen-bond donors (Lipinski definition) is 1. The zero-order valence-corrected chi connectivity index (χ0v) is 6.67.